The van der Waals surface area contributed by atoms with Gasteiger partial charge in [0.1, 0.15) is 5.92 Å². The first-order valence-electron chi connectivity index (χ1n) is 12.4. The Balaban J connectivity index is 1.90. The van der Waals surface area contributed by atoms with Crippen LogP contribution in [-0.2, 0) is 19.1 Å². The molecule has 1 fully saturated rings. The molecule has 3 atom stereocenters. The second-order valence-electron chi connectivity index (χ2n) is 9.74. The smallest absolute Gasteiger partial charge is 0.323 e. The van der Waals surface area contributed by atoms with Crippen LogP contribution in [0.5, 0.6) is 0 Å². The van der Waals surface area contributed by atoms with Gasteiger partial charge in [0.15, 0.2) is 0 Å². The average molecular weight is 518 g/mol. The SMILES string of the molecule is CCOC(=O)C(C#N)CC1SC(CCNc2cccc(NC(=O)CN(C)C(C)(C)C)c2)C(=O)N1CC. The third-order valence-electron chi connectivity index (χ3n) is 6.14. The molecule has 2 amide bonds. The van der Waals surface area contributed by atoms with Crippen LogP contribution in [0.4, 0.5) is 11.4 Å². The van der Waals surface area contributed by atoms with Crippen molar-refractivity contribution in [1.29, 1.82) is 5.26 Å². The fourth-order valence-electron chi connectivity index (χ4n) is 3.74. The number of hydrogen-bond acceptors (Lipinski definition) is 8. The predicted molar refractivity (Wildman–Crippen MR) is 143 cm³/mol. The highest BCUT2D eigenvalue weighted by atomic mass is 32.2. The molecule has 3 unspecified atom stereocenters. The summed E-state index contributed by atoms with van der Waals surface area (Å²) in [5.74, 6) is -1.48. The zero-order chi connectivity index (χ0) is 26.9. The number of carbonyl (C=O) groups excluding carboxylic acids is 3. The molecule has 1 saturated heterocycles. The highest BCUT2D eigenvalue weighted by molar-refractivity contribution is 8.01. The first-order chi connectivity index (χ1) is 17.0. The molecule has 9 nitrogen and oxygen atoms in total. The number of likely N-dealkylation sites (N-methyl/N-ethyl adjacent to an activating group) is 1. The van der Waals surface area contributed by atoms with E-state index in [-0.39, 0.29) is 41.0 Å². The summed E-state index contributed by atoms with van der Waals surface area (Å²) in [4.78, 5) is 41.1. The number of nitriles is 1. The van der Waals surface area contributed by atoms with Gasteiger partial charge in [0, 0.05) is 36.4 Å². The van der Waals surface area contributed by atoms with Crippen molar-refractivity contribution < 1.29 is 19.1 Å². The second-order valence-corrected chi connectivity index (χ2v) is 11.1. The van der Waals surface area contributed by atoms with E-state index in [4.69, 9.17) is 4.74 Å². The number of anilines is 2. The zero-order valence-corrected chi connectivity index (χ0v) is 23.0. The third-order valence-corrected chi connectivity index (χ3v) is 7.67. The molecule has 0 radical (unpaired) electrons. The number of amides is 2. The van der Waals surface area contributed by atoms with Crippen LogP contribution in [0.15, 0.2) is 24.3 Å². The molecule has 36 heavy (non-hydrogen) atoms. The van der Waals surface area contributed by atoms with Crippen molar-refractivity contribution in [2.24, 2.45) is 5.92 Å². The summed E-state index contributed by atoms with van der Waals surface area (Å²) in [6, 6.07) is 9.52. The first-order valence-corrected chi connectivity index (χ1v) is 13.3. The number of ether oxygens (including phenoxy) is 1. The number of thioether (sulfide) groups is 1. The Morgan fingerprint density at radius 3 is 2.58 bits per heavy atom. The number of benzene rings is 1. The molecule has 1 aliphatic rings. The van der Waals surface area contributed by atoms with Crippen molar-refractivity contribution in [2.45, 2.75) is 63.6 Å². The van der Waals surface area contributed by atoms with Gasteiger partial charge in [-0.2, -0.15) is 5.26 Å². The molecular formula is C26H39N5O4S. The molecule has 0 aliphatic carbocycles. The van der Waals surface area contributed by atoms with Gasteiger partial charge in [0.2, 0.25) is 11.8 Å². The molecule has 0 saturated carbocycles. The fraction of sp³-hybridized carbons (Fsp3) is 0.615. The molecule has 0 bridgehead atoms. The van der Waals surface area contributed by atoms with Crippen LogP contribution in [0.25, 0.3) is 0 Å². The summed E-state index contributed by atoms with van der Waals surface area (Å²) in [5, 5.41) is 15.2. The molecule has 2 N–H and O–H groups in total. The Morgan fingerprint density at radius 1 is 1.28 bits per heavy atom. The number of nitrogens with one attached hydrogen (secondary N) is 2. The number of hydrogen-bond donors (Lipinski definition) is 2. The van der Waals surface area contributed by atoms with E-state index in [2.05, 4.69) is 31.4 Å². The largest absolute Gasteiger partial charge is 0.465 e. The van der Waals surface area contributed by atoms with E-state index in [0.717, 1.165) is 5.69 Å². The van der Waals surface area contributed by atoms with Gasteiger partial charge in [-0.05, 0) is 66.3 Å². The Labute approximate surface area is 218 Å². The monoisotopic (exact) mass is 517 g/mol. The molecule has 0 aromatic heterocycles. The summed E-state index contributed by atoms with van der Waals surface area (Å²) < 4.78 is 5.00. The van der Waals surface area contributed by atoms with Gasteiger partial charge in [-0.3, -0.25) is 19.3 Å². The highest BCUT2D eigenvalue weighted by Gasteiger charge is 2.41. The fourth-order valence-corrected chi connectivity index (χ4v) is 5.32. The van der Waals surface area contributed by atoms with Crippen LogP contribution in [0, 0.1) is 17.2 Å². The molecule has 1 aromatic carbocycles. The van der Waals surface area contributed by atoms with Gasteiger partial charge in [0.25, 0.3) is 0 Å². The van der Waals surface area contributed by atoms with Crippen LogP contribution in [-0.4, -0.2) is 77.0 Å². The first kappa shape index (κ1) is 29.5. The van der Waals surface area contributed by atoms with Crippen molar-refractivity contribution in [3.8, 4) is 6.07 Å². The van der Waals surface area contributed by atoms with Crippen LogP contribution >= 0.6 is 11.8 Å². The van der Waals surface area contributed by atoms with Crippen molar-refractivity contribution in [3.63, 3.8) is 0 Å². The normalized spacial score (nSPS) is 18.6. The maximum Gasteiger partial charge on any atom is 0.323 e. The van der Waals surface area contributed by atoms with E-state index >= 15 is 0 Å². The van der Waals surface area contributed by atoms with E-state index in [1.165, 1.54) is 11.8 Å². The Kier molecular flexibility index (Phi) is 11.1. The van der Waals surface area contributed by atoms with Gasteiger partial charge in [0.05, 0.1) is 29.8 Å². The predicted octanol–water partition coefficient (Wildman–Crippen LogP) is 3.54. The molecule has 0 spiro atoms. The lowest BCUT2D eigenvalue weighted by atomic mass is 10.1. The van der Waals surface area contributed by atoms with Crippen molar-refractivity contribution in [2.75, 3.05) is 43.9 Å². The second kappa shape index (κ2) is 13.5. The van der Waals surface area contributed by atoms with Crippen molar-refractivity contribution in [3.05, 3.63) is 24.3 Å². The van der Waals surface area contributed by atoms with Crippen LogP contribution in [0.3, 0.4) is 0 Å². The quantitative estimate of drug-likeness (QED) is 0.405. The molecule has 198 valence electrons. The van der Waals surface area contributed by atoms with Crippen LogP contribution in [0.1, 0.15) is 47.5 Å². The van der Waals surface area contributed by atoms with Crippen LogP contribution in [0.2, 0.25) is 0 Å². The molecule has 2 rings (SSSR count). The zero-order valence-electron chi connectivity index (χ0n) is 22.2. The topological polar surface area (TPSA) is 115 Å². The number of esters is 1. The molecule has 1 aliphatic heterocycles. The van der Waals surface area contributed by atoms with Gasteiger partial charge in [-0.15, -0.1) is 11.8 Å². The minimum atomic E-state index is -0.887. The minimum Gasteiger partial charge on any atom is -0.465 e. The summed E-state index contributed by atoms with van der Waals surface area (Å²) in [5.41, 5.74) is 1.46. The summed E-state index contributed by atoms with van der Waals surface area (Å²) in [7, 11) is 1.92. The van der Waals surface area contributed by atoms with E-state index < -0.39 is 11.9 Å². The number of rotatable bonds is 12. The minimum absolute atomic E-state index is 0.0267. The van der Waals surface area contributed by atoms with Gasteiger partial charge in [-0.25, -0.2) is 0 Å². The number of nitrogens with zero attached hydrogens (tertiary/aromatic N) is 3. The molecular weight excluding hydrogens is 478 g/mol. The Bertz CT molecular complexity index is 958. The Morgan fingerprint density at radius 2 is 1.97 bits per heavy atom. The maximum atomic E-state index is 12.9. The van der Waals surface area contributed by atoms with E-state index in [1.807, 2.05) is 49.2 Å². The lowest BCUT2D eigenvalue weighted by molar-refractivity contribution is -0.146. The highest BCUT2D eigenvalue weighted by Crippen LogP contribution is 2.37. The van der Waals surface area contributed by atoms with Crippen molar-refractivity contribution in [1.82, 2.24) is 9.80 Å². The third kappa shape index (κ3) is 8.42. The molecule has 1 heterocycles. The number of carbonyl (C=O) groups is 3. The van der Waals surface area contributed by atoms with E-state index in [1.54, 1.807) is 11.8 Å². The van der Waals surface area contributed by atoms with E-state index in [0.29, 0.717) is 31.7 Å². The maximum absolute atomic E-state index is 12.9. The van der Waals surface area contributed by atoms with E-state index in [9.17, 15) is 19.6 Å². The summed E-state index contributed by atoms with van der Waals surface area (Å²) in [6.07, 6.45) is 0.857. The Hall–Kier alpha value is -2.77. The lowest BCUT2D eigenvalue weighted by Gasteiger charge is -2.31. The van der Waals surface area contributed by atoms with Gasteiger partial charge >= 0.3 is 5.97 Å². The van der Waals surface area contributed by atoms with Gasteiger partial charge in [-0.1, -0.05) is 6.07 Å². The molecule has 10 heteroatoms. The molecule has 1 aromatic rings. The lowest BCUT2D eigenvalue weighted by Crippen LogP contribution is -2.42. The van der Waals surface area contributed by atoms with Gasteiger partial charge < -0.3 is 20.3 Å². The standard InChI is InChI=1S/C26H39N5O4S/c1-7-31-23(14-18(16-27)25(34)35-8-2)36-21(24(31)33)12-13-28-19-10-9-11-20(15-19)29-22(32)17-30(6)26(3,4)5/h9-11,15,18,21,23,28H,7-8,12-14,17H2,1-6H3,(H,29,32). The summed E-state index contributed by atoms with van der Waals surface area (Å²) >= 11 is 1.50. The summed E-state index contributed by atoms with van der Waals surface area (Å²) in [6.45, 7) is 11.4. The van der Waals surface area contributed by atoms with Crippen molar-refractivity contribution >= 4 is 40.9 Å². The van der Waals surface area contributed by atoms with Crippen LogP contribution < -0.4 is 10.6 Å². The average Bonchev–Trinajstić information content (AvgIpc) is 3.11.